The Morgan fingerprint density at radius 1 is 1.17 bits per heavy atom. The molecule has 0 saturated heterocycles. The minimum absolute atomic E-state index is 0.0452. The van der Waals surface area contributed by atoms with Gasteiger partial charge in [0.25, 0.3) is 15.7 Å². The normalized spacial score (nSPS) is 11.3. The SMILES string of the molecule is O=[N+]([O-])c1cccc(-c2csc(NS(=O)(=O)c3cccs3)n2)c1. The first-order valence-corrected chi connectivity index (χ1v) is 9.47. The molecule has 2 aromatic heterocycles. The molecule has 0 aliphatic rings. The number of rotatable bonds is 5. The maximum absolute atomic E-state index is 12.1. The number of sulfonamides is 1. The van der Waals surface area contributed by atoms with E-state index in [4.69, 9.17) is 0 Å². The number of hydrogen-bond donors (Lipinski definition) is 1. The van der Waals surface area contributed by atoms with Gasteiger partial charge in [0, 0.05) is 23.1 Å². The highest BCUT2D eigenvalue weighted by atomic mass is 32.2. The van der Waals surface area contributed by atoms with Crippen LogP contribution < -0.4 is 4.72 Å². The average Bonchev–Trinajstić information content (AvgIpc) is 3.18. The van der Waals surface area contributed by atoms with Crippen LogP contribution in [0.1, 0.15) is 0 Å². The fourth-order valence-corrected chi connectivity index (χ4v) is 4.78. The van der Waals surface area contributed by atoms with Crippen molar-refractivity contribution in [2.75, 3.05) is 4.72 Å². The monoisotopic (exact) mass is 367 g/mol. The lowest BCUT2D eigenvalue weighted by Crippen LogP contribution is -2.11. The Balaban J connectivity index is 1.87. The number of thiazole rings is 1. The summed E-state index contributed by atoms with van der Waals surface area (Å²) in [5.41, 5.74) is 0.982. The van der Waals surface area contributed by atoms with Gasteiger partial charge in [-0.05, 0) is 11.4 Å². The van der Waals surface area contributed by atoms with Crippen molar-refractivity contribution in [3.8, 4) is 11.3 Å². The average molecular weight is 367 g/mol. The van der Waals surface area contributed by atoms with Gasteiger partial charge >= 0.3 is 0 Å². The van der Waals surface area contributed by atoms with Gasteiger partial charge in [0.2, 0.25) is 0 Å². The minimum atomic E-state index is -3.65. The molecule has 3 rings (SSSR count). The molecule has 2 heterocycles. The third-order valence-corrected chi connectivity index (χ3v) is 6.46. The van der Waals surface area contributed by atoms with E-state index in [9.17, 15) is 18.5 Å². The molecule has 10 heteroatoms. The fraction of sp³-hybridized carbons (Fsp3) is 0. The lowest BCUT2D eigenvalue weighted by molar-refractivity contribution is -0.384. The van der Waals surface area contributed by atoms with E-state index in [1.165, 1.54) is 18.2 Å². The number of anilines is 1. The minimum Gasteiger partial charge on any atom is -0.258 e. The number of aromatic nitrogens is 1. The number of hydrogen-bond acceptors (Lipinski definition) is 7. The molecule has 118 valence electrons. The molecular weight excluding hydrogens is 358 g/mol. The van der Waals surface area contributed by atoms with Gasteiger partial charge in [-0.2, -0.15) is 0 Å². The van der Waals surface area contributed by atoms with Crippen LogP contribution in [0.3, 0.4) is 0 Å². The largest absolute Gasteiger partial charge is 0.273 e. The first-order chi connectivity index (χ1) is 11.0. The molecule has 0 unspecified atom stereocenters. The summed E-state index contributed by atoms with van der Waals surface area (Å²) in [4.78, 5) is 14.5. The van der Waals surface area contributed by atoms with Crippen LogP contribution >= 0.6 is 22.7 Å². The van der Waals surface area contributed by atoms with Crippen LogP contribution in [0.25, 0.3) is 11.3 Å². The number of nitrogens with zero attached hydrogens (tertiary/aromatic N) is 2. The number of thiophene rings is 1. The van der Waals surface area contributed by atoms with Crippen LogP contribution in [0.2, 0.25) is 0 Å². The highest BCUT2D eigenvalue weighted by molar-refractivity contribution is 7.94. The van der Waals surface area contributed by atoms with Gasteiger partial charge in [0.1, 0.15) is 4.21 Å². The fourth-order valence-electron chi connectivity index (χ4n) is 1.81. The third-order valence-electron chi connectivity index (χ3n) is 2.84. The Kier molecular flexibility index (Phi) is 4.11. The van der Waals surface area contributed by atoms with Crippen molar-refractivity contribution in [2.24, 2.45) is 0 Å². The second kappa shape index (κ2) is 6.07. The van der Waals surface area contributed by atoms with Gasteiger partial charge in [0.05, 0.1) is 10.6 Å². The summed E-state index contributed by atoms with van der Waals surface area (Å²) in [5, 5.41) is 14.3. The molecule has 0 fully saturated rings. The molecule has 3 aromatic rings. The predicted molar refractivity (Wildman–Crippen MR) is 89.3 cm³/mol. The van der Waals surface area contributed by atoms with Crippen LogP contribution in [-0.4, -0.2) is 18.3 Å². The van der Waals surface area contributed by atoms with Crippen LogP contribution in [0.4, 0.5) is 10.8 Å². The Morgan fingerprint density at radius 3 is 2.70 bits per heavy atom. The van der Waals surface area contributed by atoms with E-state index >= 15 is 0 Å². The molecule has 0 spiro atoms. The Bertz CT molecular complexity index is 949. The Labute approximate surface area is 139 Å². The zero-order valence-corrected chi connectivity index (χ0v) is 13.8. The molecule has 0 amide bonds. The van der Waals surface area contributed by atoms with Crippen molar-refractivity contribution in [1.82, 2.24) is 4.98 Å². The summed E-state index contributed by atoms with van der Waals surface area (Å²) < 4.78 is 26.9. The topological polar surface area (TPSA) is 102 Å². The first kappa shape index (κ1) is 15.6. The number of non-ortho nitro benzene ring substituents is 1. The van der Waals surface area contributed by atoms with Crippen LogP contribution in [-0.2, 0) is 10.0 Å². The van der Waals surface area contributed by atoms with Gasteiger partial charge in [0.15, 0.2) is 5.13 Å². The summed E-state index contributed by atoms with van der Waals surface area (Å²) in [7, 11) is -3.65. The van der Waals surface area contributed by atoms with E-state index in [1.54, 1.807) is 29.0 Å². The number of nitro groups is 1. The molecule has 0 bridgehead atoms. The van der Waals surface area contributed by atoms with Gasteiger partial charge in [-0.3, -0.25) is 14.8 Å². The summed E-state index contributed by atoms with van der Waals surface area (Å²) in [6.45, 7) is 0. The van der Waals surface area contributed by atoms with Gasteiger partial charge in [-0.15, -0.1) is 22.7 Å². The molecule has 0 aliphatic carbocycles. The highest BCUT2D eigenvalue weighted by Gasteiger charge is 2.17. The van der Waals surface area contributed by atoms with E-state index in [1.807, 2.05) is 0 Å². The summed E-state index contributed by atoms with van der Waals surface area (Å²) in [6, 6.07) is 9.17. The van der Waals surface area contributed by atoms with Crippen molar-refractivity contribution in [3.63, 3.8) is 0 Å². The summed E-state index contributed by atoms with van der Waals surface area (Å²) in [6.07, 6.45) is 0. The number of benzene rings is 1. The predicted octanol–water partition coefficient (Wildman–Crippen LogP) is 3.58. The Hall–Kier alpha value is -2.30. The second-order valence-electron chi connectivity index (χ2n) is 4.38. The van der Waals surface area contributed by atoms with E-state index in [0.29, 0.717) is 11.3 Å². The molecule has 7 nitrogen and oxygen atoms in total. The van der Waals surface area contributed by atoms with E-state index < -0.39 is 14.9 Å². The first-order valence-electron chi connectivity index (χ1n) is 6.22. The van der Waals surface area contributed by atoms with Crippen molar-refractivity contribution >= 4 is 43.5 Å². The second-order valence-corrected chi connectivity index (χ2v) is 8.10. The lowest BCUT2D eigenvalue weighted by Gasteiger charge is -2.01. The van der Waals surface area contributed by atoms with Crippen LogP contribution in [0, 0.1) is 10.1 Å². The highest BCUT2D eigenvalue weighted by Crippen LogP contribution is 2.29. The van der Waals surface area contributed by atoms with E-state index in [2.05, 4.69) is 9.71 Å². The van der Waals surface area contributed by atoms with E-state index in [-0.39, 0.29) is 15.0 Å². The van der Waals surface area contributed by atoms with Crippen LogP contribution in [0.15, 0.2) is 51.4 Å². The molecule has 1 N–H and O–H groups in total. The van der Waals surface area contributed by atoms with E-state index in [0.717, 1.165) is 22.7 Å². The standard InChI is InChI=1S/C13H9N3O4S3/c17-16(18)10-4-1-3-9(7-10)11-8-22-13(14-11)15-23(19,20)12-5-2-6-21-12/h1-8H,(H,14,15). The Morgan fingerprint density at radius 2 is 2.00 bits per heavy atom. The van der Waals surface area contributed by atoms with Gasteiger partial charge < -0.3 is 0 Å². The summed E-state index contributed by atoms with van der Waals surface area (Å²) >= 11 is 2.23. The lowest BCUT2D eigenvalue weighted by atomic mass is 10.1. The van der Waals surface area contributed by atoms with Gasteiger partial charge in [-0.1, -0.05) is 18.2 Å². The quantitative estimate of drug-likeness (QED) is 0.548. The van der Waals surface area contributed by atoms with Gasteiger partial charge in [-0.25, -0.2) is 13.4 Å². The van der Waals surface area contributed by atoms with Crippen molar-refractivity contribution in [2.45, 2.75) is 4.21 Å². The third kappa shape index (κ3) is 3.38. The van der Waals surface area contributed by atoms with Crippen molar-refractivity contribution in [1.29, 1.82) is 0 Å². The number of nitrogens with one attached hydrogen (secondary N) is 1. The smallest absolute Gasteiger partial charge is 0.258 e. The molecule has 0 radical (unpaired) electrons. The van der Waals surface area contributed by atoms with Crippen LogP contribution in [0.5, 0.6) is 0 Å². The zero-order chi connectivity index (χ0) is 16.4. The molecule has 0 aliphatic heterocycles. The molecule has 1 aromatic carbocycles. The maximum atomic E-state index is 12.1. The molecule has 23 heavy (non-hydrogen) atoms. The zero-order valence-electron chi connectivity index (χ0n) is 11.4. The molecule has 0 saturated carbocycles. The van der Waals surface area contributed by atoms with Crippen molar-refractivity contribution in [3.05, 3.63) is 57.3 Å². The maximum Gasteiger partial charge on any atom is 0.273 e. The van der Waals surface area contributed by atoms with Crippen molar-refractivity contribution < 1.29 is 13.3 Å². The molecule has 0 atom stereocenters. The molecular formula is C13H9N3O4S3. The summed E-state index contributed by atoms with van der Waals surface area (Å²) in [5.74, 6) is 0. The number of nitro benzene ring substituents is 1.